The smallest absolute Gasteiger partial charge is 0.191 e. The Morgan fingerprint density at radius 1 is 1.31 bits per heavy atom. The number of hydrogen-bond acceptors (Lipinski definition) is 5. The van der Waals surface area contributed by atoms with Crippen molar-refractivity contribution in [2.45, 2.75) is 17.7 Å². The Morgan fingerprint density at radius 3 is 2.62 bits per heavy atom. The second kappa shape index (κ2) is 11.1. The number of sulfone groups is 1. The van der Waals surface area contributed by atoms with Gasteiger partial charge in [-0.1, -0.05) is 18.2 Å². The van der Waals surface area contributed by atoms with Crippen LogP contribution in [0, 0.1) is 5.41 Å². The quantitative estimate of drug-likeness (QED) is 0.282. The fourth-order valence-corrected chi connectivity index (χ4v) is 4.03. The summed E-state index contributed by atoms with van der Waals surface area (Å²) in [7, 11) is -1.67. The SMILES string of the molecule is CN=C(NCCS(=O)(=O)c1ccccc1)NCC1(CCO)CCOC1.I. The average Bonchev–Trinajstić information content (AvgIpc) is 3.08. The topological polar surface area (TPSA) is 100 Å². The Labute approximate surface area is 172 Å². The molecule has 7 nitrogen and oxygen atoms in total. The minimum absolute atomic E-state index is 0. The van der Waals surface area contributed by atoms with Crippen LogP contribution in [0.1, 0.15) is 12.8 Å². The highest BCUT2D eigenvalue weighted by molar-refractivity contribution is 14.0. The summed E-state index contributed by atoms with van der Waals surface area (Å²) in [6.45, 7) is 2.31. The molecule has 1 fully saturated rings. The van der Waals surface area contributed by atoms with E-state index < -0.39 is 9.84 Å². The van der Waals surface area contributed by atoms with Crippen LogP contribution < -0.4 is 10.6 Å². The van der Waals surface area contributed by atoms with Crippen molar-refractivity contribution < 1.29 is 18.3 Å². The fourth-order valence-electron chi connectivity index (χ4n) is 2.85. The molecule has 1 aliphatic rings. The van der Waals surface area contributed by atoms with Crippen LogP contribution in [-0.4, -0.2) is 65.2 Å². The largest absolute Gasteiger partial charge is 0.396 e. The van der Waals surface area contributed by atoms with Gasteiger partial charge in [0.2, 0.25) is 0 Å². The van der Waals surface area contributed by atoms with E-state index in [9.17, 15) is 13.5 Å². The van der Waals surface area contributed by atoms with Crippen molar-refractivity contribution in [3.63, 3.8) is 0 Å². The van der Waals surface area contributed by atoms with Crippen molar-refractivity contribution in [2.24, 2.45) is 10.4 Å². The molecule has 1 saturated heterocycles. The fraction of sp³-hybridized carbons (Fsp3) is 0.588. The lowest BCUT2D eigenvalue weighted by Gasteiger charge is -2.27. The number of nitrogens with zero attached hydrogens (tertiary/aromatic N) is 1. The van der Waals surface area contributed by atoms with Crippen LogP contribution >= 0.6 is 24.0 Å². The minimum Gasteiger partial charge on any atom is -0.396 e. The molecule has 1 aromatic rings. The van der Waals surface area contributed by atoms with E-state index in [1.54, 1.807) is 37.4 Å². The van der Waals surface area contributed by atoms with E-state index in [4.69, 9.17) is 4.74 Å². The maximum Gasteiger partial charge on any atom is 0.191 e. The number of benzene rings is 1. The standard InChI is InChI=1S/C17H27N3O4S.HI/c1-18-16(20-13-17(7-10-21)8-11-24-14-17)19-9-12-25(22,23)15-5-3-2-4-6-15;/h2-6,21H,7-14H2,1H3,(H2,18,19,20);1H. The van der Waals surface area contributed by atoms with Crippen molar-refractivity contribution in [1.29, 1.82) is 0 Å². The molecule has 1 aromatic carbocycles. The molecule has 0 amide bonds. The number of aliphatic hydroxyl groups excluding tert-OH is 1. The normalized spacial score (nSPS) is 20.5. The maximum atomic E-state index is 12.3. The van der Waals surface area contributed by atoms with Crippen LogP contribution in [-0.2, 0) is 14.6 Å². The number of ether oxygens (including phenoxy) is 1. The third kappa shape index (κ3) is 6.67. The molecule has 26 heavy (non-hydrogen) atoms. The lowest BCUT2D eigenvalue weighted by molar-refractivity contribution is 0.127. The molecular formula is C17H28IN3O4S. The molecule has 0 aliphatic carbocycles. The summed E-state index contributed by atoms with van der Waals surface area (Å²) in [5, 5.41) is 15.5. The van der Waals surface area contributed by atoms with Gasteiger partial charge in [-0.25, -0.2) is 8.42 Å². The predicted octanol–water partition coefficient (Wildman–Crippen LogP) is 1.03. The van der Waals surface area contributed by atoms with Gasteiger partial charge in [0.1, 0.15) is 0 Å². The van der Waals surface area contributed by atoms with E-state index >= 15 is 0 Å². The van der Waals surface area contributed by atoms with E-state index in [0.717, 1.165) is 6.42 Å². The van der Waals surface area contributed by atoms with E-state index in [1.165, 1.54) is 0 Å². The van der Waals surface area contributed by atoms with Crippen LogP contribution in [0.4, 0.5) is 0 Å². The van der Waals surface area contributed by atoms with E-state index in [1.807, 2.05) is 0 Å². The first-order chi connectivity index (χ1) is 12.0. The van der Waals surface area contributed by atoms with Gasteiger partial charge in [0.05, 0.1) is 17.3 Å². The Morgan fingerprint density at radius 2 is 2.04 bits per heavy atom. The number of rotatable bonds is 8. The second-order valence-electron chi connectivity index (χ2n) is 6.26. The van der Waals surface area contributed by atoms with Crippen molar-refractivity contribution in [1.82, 2.24) is 10.6 Å². The molecule has 0 spiro atoms. The Hall–Kier alpha value is -0.910. The lowest BCUT2D eigenvalue weighted by atomic mass is 9.84. The molecule has 1 atom stereocenters. The van der Waals surface area contributed by atoms with Gasteiger partial charge in [0.15, 0.2) is 15.8 Å². The molecule has 148 valence electrons. The number of hydrogen-bond donors (Lipinski definition) is 3. The maximum absolute atomic E-state index is 12.3. The molecule has 1 aliphatic heterocycles. The lowest BCUT2D eigenvalue weighted by Crippen LogP contribution is -2.45. The predicted molar refractivity (Wildman–Crippen MR) is 113 cm³/mol. The Kier molecular flexibility index (Phi) is 9.83. The number of guanidine groups is 1. The first-order valence-corrected chi connectivity index (χ1v) is 10.1. The highest BCUT2D eigenvalue weighted by Crippen LogP contribution is 2.31. The third-order valence-corrected chi connectivity index (χ3v) is 6.18. The summed E-state index contributed by atoms with van der Waals surface area (Å²) < 4.78 is 30.0. The van der Waals surface area contributed by atoms with E-state index in [-0.39, 0.29) is 48.3 Å². The highest BCUT2D eigenvalue weighted by Gasteiger charge is 2.34. The molecule has 0 bridgehead atoms. The van der Waals surface area contributed by atoms with E-state index in [0.29, 0.717) is 37.0 Å². The number of aliphatic hydroxyl groups is 1. The minimum atomic E-state index is -3.31. The summed E-state index contributed by atoms with van der Waals surface area (Å²) in [4.78, 5) is 4.45. The number of nitrogens with one attached hydrogen (secondary N) is 2. The van der Waals surface area contributed by atoms with Gasteiger partial charge in [-0.3, -0.25) is 4.99 Å². The number of aliphatic imine (C=N–C) groups is 1. The first kappa shape index (κ1) is 23.1. The van der Waals surface area contributed by atoms with Crippen LogP contribution in [0.3, 0.4) is 0 Å². The van der Waals surface area contributed by atoms with Gasteiger partial charge in [-0.05, 0) is 25.0 Å². The van der Waals surface area contributed by atoms with E-state index in [2.05, 4.69) is 15.6 Å². The molecule has 0 aromatic heterocycles. The molecule has 0 saturated carbocycles. The Bertz CT molecular complexity index is 662. The summed E-state index contributed by atoms with van der Waals surface area (Å²) in [6.07, 6.45) is 1.55. The molecule has 2 rings (SSSR count). The van der Waals surface area contributed by atoms with Crippen molar-refractivity contribution >= 4 is 39.8 Å². The summed E-state index contributed by atoms with van der Waals surface area (Å²) >= 11 is 0. The molecule has 0 radical (unpaired) electrons. The molecule has 1 heterocycles. The zero-order valence-electron chi connectivity index (χ0n) is 15.0. The van der Waals surface area contributed by atoms with Crippen LogP contribution in [0.25, 0.3) is 0 Å². The summed E-state index contributed by atoms with van der Waals surface area (Å²) in [5.41, 5.74) is -0.0948. The highest BCUT2D eigenvalue weighted by atomic mass is 127. The molecular weight excluding hydrogens is 469 g/mol. The van der Waals surface area contributed by atoms with Crippen molar-refractivity contribution in [2.75, 3.05) is 45.7 Å². The Balaban J connectivity index is 0.00000338. The van der Waals surface area contributed by atoms with Crippen molar-refractivity contribution in [3.05, 3.63) is 30.3 Å². The molecule has 9 heteroatoms. The van der Waals surface area contributed by atoms with Gasteiger partial charge in [-0.2, -0.15) is 0 Å². The van der Waals surface area contributed by atoms with Gasteiger partial charge in [-0.15, -0.1) is 24.0 Å². The van der Waals surface area contributed by atoms with Gasteiger partial charge >= 0.3 is 0 Å². The summed E-state index contributed by atoms with van der Waals surface area (Å²) in [5.74, 6) is 0.537. The van der Waals surface area contributed by atoms with Crippen LogP contribution in [0.5, 0.6) is 0 Å². The van der Waals surface area contributed by atoms with Gasteiger partial charge < -0.3 is 20.5 Å². The zero-order valence-corrected chi connectivity index (χ0v) is 18.1. The summed E-state index contributed by atoms with van der Waals surface area (Å²) in [6, 6.07) is 8.41. The monoisotopic (exact) mass is 497 g/mol. The third-order valence-electron chi connectivity index (χ3n) is 4.45. The van der Waals surface area contributed by atoms with Gasteiger partial charge in [0, 0.05) is 38.8 Å². The number of halogens is 1. The second-order valence-corrected chi connectivity index (χ2v) is 8.37. The van der Waals surface area contributed by atoms with Crippen molar-refractivity contribution in [3.8, 4) is 0 Å². The molecule has 1 unspecified atom stereocenters. The zero-order chi connectivity index (χ0) is 18.2. The first-order valence-electron chi connectivity index (χ1n) is 8.42. The molecule has 3 N–H and O–H groups in total. The van der Waals surface area contributed by atoms with Gasteiger partial charge in [0.25, 0.3) is 0 Å². The van der Waals surface area contributed by atoms with Crippen LogP contribution in [0.15, 0.2) is 40.2 Å². The van der Waals surface area contributed by atoms with Crippen LogP contribution in [0.2, 0.25) is 0 Å². The average molecular weight is 497 g/mol.